The van der Waals surface area contributed by atoms with Gasteiger partial charge in [0.15, 0.2) is 0 Å². The number of nitrogens with zero attached hydrogens (tertiary/aromatic N) is 1. The summed E-state index contributed by atoms with van der Waals surface area (Å²) in [5, 5.41) is 10.9. The van der Waals surface area contributed by atoms with Crippen LogP contribution in [-0.2, 0) is 0 Å². The summed E-state index contributed by atoms with van der Waals surface area (Å²) in [7, 11) is 0. The lowest BCUT2D eigenvalue weighted by atomic mass is 10.0. The average molecular weight is 303 g/mol. The molecule has 0 aliphatic rings. The van der Waals surface area contributed by atoms with E-state index in [2.05, 4.69) is 30.3 Å². The fourth-order valence-corrected chi connectivity index (χ4v) is 3.60. The molecule has 0 amide bonds. The molecule has 1 heterocycles. The number of fused-ring (bicyclic) bond motifs is 1. The Labute approximate surface area is 132 Å². The molecule has 0 aliphatic heterocycles. The van der Waals surface area contributed by atoms with Crippen molar-refractivity contribution < 1.29 is 5.11 Å². The van der Waals surface area contributed by atoms with E-state index in [1.165, 1.54) is 0 Å². The highest BCUT2D eigenvalue weighted by Crippen LogP contribution is 2.38. The molecule has 4 aromatic rings. The van der Waals surface area contributed by atoms with Gasteiger partial charge < -0.3 is 5.11 Å². The van der Waals surface area contributed by atoms with Crippen LogP contribution >= 0.6 is 11.3 Å². The fraction of sp³-hybridized carbons (Fsp3) is 0. The van der Waals surface area contributed by atoms with Gasteiger partial charge >= 0.3 is 0 Å². The zero-order valence-corrected chi connectivity index (χ0v) is 12.5. The fourth-order valence-electron chi connectivity index (χ4n) is 2.57. The number of hydrogen-bond donors (Lipinski definition) is 1. The molecule has 1 N–H and O–H groups in total. The third-order valence-corrected chi connectivity index (χ3v) is 4.69. The number of thiazole rings is 1. The number of aromatic hydroxyl groups is 1. The van der Waals surface area contributed by atoms with Crippen molar-refractivity contribution in [1.82, 2.24) is 4.98 Å². The number of phenols is 1. The quantitative estimate of drug-likeness (QED) is 0.542. The molecule has 1 aromatic heterocycles. The van der Waals surface area contributed by atoms with Crippen LogP contribution in [0.4, 0.5) is 0 Å². The second kappa shape index (κ2) is 5.28. The van der Waals surface area contributed by atoms with Gasteiger partial charge in [-0.05, 0) is 23.8 Å². The van der Waals surface area contributed by atoms with E-state index < -0.39 is 0 Å². The van der Waals surface area contributed by atoms with Crippen LogP contribution < -0.4 is 0 Å². The Balaban J connectivity index is 1.94. The summed E-state index contributed by atoms with van der Waals surface area (Å²) < 4.78 is 1.12. The van der Waals surface area contributed by atoms with E-state index in [-0.39, 0.29) is 5.75 Å². The van der Waals surface area contributed by atoms with E-state index in [1.807, 2.05) is 36.4 Å². The Morgan fingerprint density at radius 2 is 1.45 bits per heavy atom. The highest BCUT2D eigenvalue weighted by molar-refractivity contribution is 7.21. The maximum Gasteiger partial charge on any atom is 0.128 e. The highest BCUT2D eigenvalue weighted by Gasteiger charge is 2.12. The van der Waals surface area contributed by atoms with Crippen LogP contribution in [0.1, 0.15) is 0 Å². The second-order valence-electron chi connectivity index (χ2n) is 5.05. The Morgan fingerprint density at radius 1 is 0.727 bits per heavy atom. The van der Waals surface area contributed by atoms with Gasteiger partial charge in [-0.3, -0.25) is 0 Å². The minimum atomic E-state index is 0.266. The Bertz CT molecular complexity index is 944. The lowest BCUT2D eigenvalue weighted by molar-refractivity contribution is 0.477. The van der Waals surface area contributed by atoms with Crippen molar-refractivity contribution >= 4 is 21.6 Å². The van der Waals surface area contributed by atoms with E-state index >= 15 is 0 Å². The van der Waals surface area contributed by atoms with Crippen molar-refractivity contribution in [3.63, 3.8) is 0 Å². The van der Waals surface area contributed by atoms with Gasteiger partial charge in [0.1, 0.15) is 10.8 Å². The summed E-state index contributed by atoms with van der Waals surface area (Å²) in [6, 6.07) is 23.8. The third-order valence-electron chi connectivity index (χ3n) is 3.64. The molecule has 0 fully saturated rings. The molecular weight excluding hydrogens is 290 g/mol. The standard InChI is InChI=1S/C19H13NOS/c21-16-11-5-4-9-15(16)19-20-18-14(10-6-12-17(18)22-19)13-7-2-1-3-8-13/h1-12,21H. The molecule has 0 saturated heterocycles. The topological polar surface area (TPSA) is 33.1 Å². The van der Waals surface area contributed by atoms with Crippen molar-refractivity contribution in [2.24, 2.45) is 0 Å². The molecule has 0 unspecified atom stereocenters. The molecule has 0 saturated carbocycles. The van der Waals surface area contributed by atoms with Gasteiger partial charge in [0, 0.05) is 5.56 Å². The van der Waals surface area contributed by atoms with Crippen LogP contribution in [-0.4, -0.2) is 10.1 Å². The second-order valence-corrected chi connectivity index (χ2v) is 6.09. The van der Waals surface area contributed by atoms with E-state index in [0.29, 0.717) is 0 Å². The first-order valence-electron chi connectivity index (χ1n) is 7.06. The number of benzene rings is 3. The van der Waals surface area contributed by atoms with Crippen molar-refractivity contribution in [2.75, 3.05) is 0 Å². The highest BCUT2D eigenvalue weighted by atomic mass is 32.1. The van der Waals surface area contributed by atoms with Gasteiger partial charge in [0.25, 0.3) is 0 Å². The molecule has 0 radical (unpaired) electrons. The summed E-state index contributed by atoms with van der Waals surface area (Å²) in [6.45, 7) is 0. The first-order valence-corrected chi connectivity index (χ1v) is 7.88. The Hall–Kier alpha value is -2.65. The molecule has 3 heteroatoms. The molecule has 2 nitrogen and oxygen atoms in total. The third kappa shape index (κ3) is 2.16. The SMILES string of the molecule is Oc1ccccc1-c1nc2c(-c3ccccc3)cccc2s1. The molecular formula is C19H13NOS. The minimum absolute atomic E-state index is 0.266. The average Bonchev–Trinajstić information content (AvgIpc) is 3.00. The van der Waals surface area contributed by atoms with E-state index in [4.69, 9.17) is 4.98 Å². The number of aromatic nitrogens is 1. The van der Waals surface area contributed by atoms with Crippen molar-refractivity contribution in [1.29, 1.82) is 0 Å². The van der Waals surface area contributed by atoms with E-state index in [1.54, 1.807) is 17.4 Å². The number of rotatable bonds is 2. The van der Waals surface area contributed by atoms with Gasteiger partial charge in [-0.2, -0.15) is 0 Å². The van der Waals surface area contributed by atoms with Gasteiger partial charge in [0.05, 0.1) is 15.8 Å². The number of para-hydroxylation sites is 2. The smallest absolute Gasteiger partial charge is 0.128 e. The maximum absolute atomic E-state index is 10.0. The molecule has 3 aromatic carbocycles. The van der Waals surface area contributed by atoms with Gasteiger partial charge in [-0.15, -0.1) is 11.3 Å². The van der Waals surface area contributed by atoms with Crippen molar-refractivity contribution in [2.45, 2.75) is 0 Å². The first-order chi connectivity index (χ1) is 10.8. The molecule has 0 spiro atoms. The Kier molecular flexibility index (Phi) is 3.13. The molecule has 4 rings (SSSR count). The molecule has 0 bridgehead atoms. The summed E-state index contributed by atoms with van der Waals surface area (Å²) in [5.74, 6) is 0.266. The molecule has 0 atom stereocenters. The Morgan fingerprint density at radius 3 is 2.27 bits per heavy atom. The zero-order chi connectivity index (χ0) is 14.9. The van der Waals surface area contributed by atoms with Gasteiger partial charge in [0.2, 0.25) is 0 Å². The van der Waals surface area contributed by atoms with Crippen LogP contribution in [0.15, 0.2) is 72.8 Å². The van der Waals surface area contributed by atoms with Gasteiger partial charge in [-0.25, -0.2) is 4.98 Å². The summed E-state index contributed by atoms with van der Waals surface area (Å²) >= 11 is 1.60. The van der Waals surface area contributed by atoms with Gasteiger partial charge in [-0.1, -0.05) is 54.6 Å². The van der Waals surface area contributed by atoms with Crippen LogP contribution in [0, 0.1) is 0 Å². The maximum atomic E-state index is 10.0. The normalized spacial score (nSPS) is 10.9. The van der Waals surface area contributed by atoms with Crippen LogP contribution in [0.2, 0.25) is 0 Å². The van der Waals surface area contributed by atoms with E-state index in [9.17, 15) is 5.11 Å². The van der Waals surface area contributed by atoms with Crippen LogP contribution in [0.3, 0.4) is 0 Å². The van der Waals surface area contributed by atoms with Crippen LogP contribution in [0.25, 0.3) is 31.9 Å². The molecule has 106 valence electrons. The number of phenolic OH excluding ortho intramolecular Hbond substituents is 1. The van der Waals surface area contributed by atoms with Crippen molar-refractivity contribution in [3.05, 3.63) is 72.8 Å². The largest absolute Gasteiger partial charge is 0.507 e. The lowest BCUT2D eigenvalue weighted by Gasteiger charge is -2.02. The lowest BCUT2D eigenvalue weighted by Crippen LogP contribution is -1.81. The summed E-state index contributed by atoms with van der Waals surface area (Å²) in [6.07, 6.45) is 0. The summed E-state index contributed by atoms with van der Waals surface area (Å²) in [4.78, 5) is 4.78. The minimum Gasteiger partial charge on any atom is -0.507 e. The molecule has 0 aliphatic carbocycles. The van der Waals surface area contributed by atoms with E-state index in [0.717, 1.165) is 31.9 Å². The zero-order valence-electron chi connectivity index (χ0n) is 11.7. The summed E-state index contributed by atoms with van der Waals surface area (Å²) in [5.41, 5.74) is 4.04. The monoisotopic (exact) mass is 303 g/mol. The predicted octanol–water partition coefficient (Wildman–Crippen LogP) is 5.34. The van der Waals surface area contributed by atoms with Crippen LogP contribution in [0.5, 0.6) is 5.75 Å². The predicted molar refractivity (Wildman–Crippen MR) is 92.2 cm³/mol. The first kappa shape index (κ1) is 13.0. The molecule has 22 heavy (non-hydrogen) atoms. The van der Waals surface area contributed by atoms with Crippen molar-refractivity contribution in [3.8, 4) is 27.4 Å². The number of hydrogen-bond acceptors (Lipinski definition) is 3.